The van der Waals surface area contributed by atoms with Crippen LogP contribution in [0.25, 0.3) is 0 Å². The monoisotopic (exact) mass is 397 g/mol. The lowest BCUT2D eigenvalue weighted by Crippen LogP contribution is -2.37. The summed E-state index contributed by atoms with van der Waals surface area (Å²) < 4.78 is 8.12. The van der Waals surface area contributed by atoms with Crippen molar-refractivity contribution < 1.29 is 9.53 Å². The number of benzene rings is 1. The summed E-state index contributed by atoms with van der Waals surface area (Å²) in [5.74, 6) is 2.89. The molecule has 0 spiro atoms. The summed E-state index contributed by atoms with van der Waals surface area (Å²) in [5, 5.41) is 8.98. The number of aryl methyl sites for hydroxylation is 2. The number of para-hydroxylation sites is 1. The molecule has 7 heteroatoms. The molecule has 1 atom stereocenters. The Balaban J connectivity index is 1.40. The van der Waals surface area contributed by atoms with Gasteiger partial charge in [0.15, 0.2) is 6.61 Å². The van der Waals surface area contributed by atoms with Gasteiger partial charge in [-0.05, 0) is 51.4 Å². The van der Waals surface area contributed by atoms with E-state index < -0.39 is 0 Å². The third-order valence-corrected chi connectivity index (χ3v) is 6.22. The number of amides is 1. The molecule has 2 aliphatic rings. The van der Waals surface area contributed by atoms with Gasteiger partial charge < -0.3 is 14.2 Å². The summed E-state index contributed by atoms with van der Waals surface area (Å²) in [6.45, 7) is 7.27. The normalized spacial score (nSPS) is 20.2. The van der Waals surface area contributed by atoms with Gasteiger partial charge in [0, 0.05) is 26.1 Å². The first kappa shape index (κ1) is 19.9. The van der Waals surface area contributed by atoms with Gasteiger partial charge >= 0.3 is 0 Å². The molecule has 1 aromatic carbocycles. The maximum absolute atomic E-state index is 12.8. The molecule has 4 rings (SSSR count). The SMILES string of the molecule is Cc1cccc(C)c1OCC(=O)N1CCc2nnc([C@H]3CCCCN3C)n2CC1. The fourth-order valence-electron chi connectivity index (χ4n) is 4.49. The van der Waals surface area contributed by atoms with Crippen LogP contribution in [0.15, 0.2) is 18.2 Å². The molecule has 156 valence electrons. The van der Waals surface area contributed by atoms with Crippen molar-refractivity contribution in [1.82, 2.24) is 24.6 Å². The Kier molecular flexibility index (Phi) is 5.85. The van der Waals surface area contributed by atoms with Gasteiger partial charge in [0.05, 0.1) is 6.04 Å². The van der Waals surface area contributed by atoms with Crippen molar-refractivity contribution in [2.24, 2.45) is 0 Å². The number of ether oxygens (including phenoxy) is 1. The van der Waals surface area contributed by atoms with Crippen LogP contribution >= 0.6 is 0 Å². The second kappa shape index (κ2) is 8.53. The molecule has 1 saturated heterocycles. The molecule has 0 saturated carbocycles. The van der Waals surface area contributed by atoms with Crippen molar-refractivity contribution >= 4 is 5.91 Å². The Hall–Kier alpha value is -2.41. The second-order valence-electron chi connectivity index (χ2n) is 8.26. The van der Waals surface area contributed by atoms with Crippen molar-refractivity contribution in [2.45, 2.75) is 52.1 Å². The lowest BCUT2D eigenvalue weighted by Gasteiger charge is -2.32. The third-order valence-electron chi connectivity index (χ3n) is 6.22. The molecule has 1 aromatic heterocycles. The minimum absolute atomic E-state index is 0.0303. The third kappa shape index (κ3) is 4.15. The number of piperidine rings is 1. The summed E-state index contributed by atoms with van der Waals surface area (Å²) in [7, 11) is 2.17. The van der Waals surface area contributed by atoms with Crippen molar-refractivity contribution in [2.75, 3.05) is 33.3 Å². The molecular formula is C22H31N5O2. The van der Waals surface area contributed by atoms with Crippen molar-refractivity contribution in [3.63, 3.8) is 0 Å². The fourth-order valence-corrected chi connectivity index (χ4v) is 4.49. The van der Waals surface area contributed by atoms with E-state index in [9.17, 15) is 4.79 Å². The van der Waals surface area contributed by atoms with Crippen LogP contribution in [0.2, 0.25) is 0 Å². The standard InChI is InChI=1S/C22H31N5O2/c1-16-7-6-8-17(2)21(16)29-15-20(28)26-12-10-19-23-24-22(27(19)14-13-26)18-9-4-5-11-25(18)3/h6-8,18H,4-5,9-15H2,1-3H3/t18-/m1/s1. The van der Waals surface area contributed by atoms with E-state index in [4.69, 9.17) is 4.74 Å². The number of carbonyl (C=O) groups excluding carboxylic acids is 1. The minimum atomic E-state index is 0.0303. The van der Waals surface area contributed by atoms with Crippen LogP contribution in [0.1, 0.15) is 48.1 Å². The zero-order chi connectivity index (χ0) is 20.4. The van der Waals surface area contributed by atoms with Gasteiger partial charge in [-0.15, -0.1) is 10.2 Å². The topological polar surface area (TPSA) is 63.5 Å². The van der Waals surface area contributed by atoms with Crippen LogP contribution in [0, 0.1) is 13.8 Å². The highest BCUT2D eigenvalue weighted by atomic mass is 16.5. The highest BCUT2D eigenvalue weighted by Gasteiger charge is 2.29. The average molecular weight is 398 g/mol. The summed E-state index contributed by atoms with van der Waals surface area (Å²) in [5.41, 5.74) is 2.11. The summed E-state index contributed by atoms with van der Waals surface area (Å²) in [6.07, 6.45) is 4.34. The quantitative estimate of drug-likeness (QED) is 0.793. The van der Waals surface area contributed by atoms with E-state index >= 15 is 0 Å². The molecule has 0 N–H and O–H groups in total. The van der Waals surface area contributed by atoms with E-state index in [1.807, 2.05) is 36.9 Å². The number of carbonyl (C=O) groups is 1. The summed E-state index contributed by atoms with van der Waals surface area (Å²) in [6, 6.07) is 6.35. The molecule has 3 heterocycles. The lowest BCUT2D eigenvalue weighted by molar-refractivity contribution is -0.133. The van der Waals surface area contributed by atoms with E-state index in [0.29, 0.717) is 19.1 Å². The number of rotatable bonds is 4. The number of aromatic nitrogens is 3. The maximum Gasteiger partial charge on any atom is 0.260 e. The zero-order valence-electron chi connectivity index (χ0n) is 17.7. The lowest BCUT2D eigenvalue weighted by atomic mass is 10.0. The second-order valence-corrected chi connectivity index (χ2v) is 8.26. The largest absolute Gasteiger partial charge is 0.483 e. The van der Waals surface area contributed by atoms with Gasteiger partial charge in [0.25, 0.3) is 5.91 Å². The molecule has 0 bridgehead atoms. The van der Waals surface area contributed by atoms with Crippen LogP contribution in [0.3, 0.4) is 0 Å². The Morgan fingerprint density at radius 3 is 2.66 bits per heavy atom. The summed E-state index contributed by atoms with van der Waals surface area (Å²) >= 11 is 0. The van der Waals surface area contributed by atoms with Crippen molar-refractivity contribution in [1.29, 1.82) is 0 Å². The van der Waals surface area contributed by atoms with Gasteiger partial charge in [-0.1, -0.05) is 24.6 Å². The predicted octanol–water partition coefficient (Wildman–Crippen LogP) is 2.52. The van der Waals surface area contributed by atoms with E-state index in [2.05, 4.69) is 26.7 Å². The van der Waals surface area contributed by atoms with Gasteiger partial charge in [-0.2, -0.15) is 0 Å². The fraction of sp³-hybridized carbons (Fsp3) is 0.591. The highest BCUT2D eigenvalue weighted by Crippen LogP contribution is 2.29. The molecule has 1 amide bonds. The van der Waals surface area contributed by atoms with Crippen LogP contribution in [-0.4, -0.2) is 63.8 Å². The Labute approximate surface area is 172 Å². The molecule has 0 unspecified atom stereocenters. The molecule has 29 heavy (non-hydrogen) atoms. The molecule has 2 aliphatic heterocycles. The molecular weight excluding hydrogens is 366 g/mol. The van der Waals surface area contributed by atoms with Gasteiger partial charge in [0.1, 0.15) is 17.4 Å². The molecule has 7 nitrogen and oxygen atoms in total. The number of hydrogen-bond acceptors (Lipinski definition) is 5. The number of likely N-dealkylation sites (tertiary alicyclic amines) is 1. The average Bonchev–Trinajstić information content (AvgIpc) is 2.98. The van der Waals surface area contributed by atoms with Crippen molar-refractivity contribution in [3.8, 4) is 5.75 Å². The smallest absolute Gasteiger partial charge is 0.260 e. The first-order chi connectivity index (χ1) is 14.0. The zero-order valence-corrected chi connectivity index (χ0v) is 17.7. The number of fused-ring (bicyclic) bond motifs is 1. The van der Waals surface area contributed by atoms with Crippen LogP contribution < -0.4 is 4.74 Å². The maximum atomic E-state index is 12.8. The molecule has 0 aliphatic carbocycles. The highest BCUT2D eigenvalue weighted by molar-refractivity contribution is 5.78. The first-order valence-corrected chi connectivity index (χ1v) is 10.6. The minimum Gasteiger partial charge on any atom is -0.483 e. The van der Waals surface area contributed by atoms with Crippen LogP contribution in [0.5, 0.6) is 5.75 Å². The van der Waals surface area contributed by atoms with Gasteiger partial charge in [0.2, 0.25) is 0 Å². The van der Waals surface area contributed by atoms with Gasteiger partial charge in [-0.25, -0.2) is 0 Å². The first-order valence-electron chi connectivity index (χ1n) is 10.6. The van der Waals surface area contributed by atoms with Crippen LogP contribution in [0.4, 0.5) is 0 Å². The Morgan fingerprint density at radius 2 is 1.90 bits per heavy atom. The van der Waals surface area contributed by atoms with E-state index in [-0.39, 0.29) is 12.5 Å². The molecule has 0 radical (unpaired) electrons. The molecule has 1 fully saturated rings. The van der Waals surface area contributed by atoms with Gasteiger partial charge in [-0.3, -0.25) is 9.69 Å². The molecule has 2 aromatic rings. The Bertz CT molecular complexity index is 858. The number of hydrogen-bond donors (Lipinski definition) is 0. The Morgan fingerprint density at radius 1 is 1.10 bits per heavy atom. The van der Waals surface area contributed by atoms with Crippen LogP contribution in [-0.2, 0) is 17.8 Å². The predicted molar refractivity (Wildman–Crippen MR) is 111 cm³/mol. The van der Waals surface area contributed by atoms with Crippen molar-refractivity contribution in [3.05, 3.63) is 41.0 Å². The van der Waals surface area contributed by atoms with E-state index in [0.717, 1.165) is 54.5 Å². The summed E-state index contributed by atoms with van der Waals surface area (Å²) in [4.78, 5) is 17.1. The number of nitrogens with zero attached hydrogens (tertiary/aromatic N) is 5. The van der Waals surface area contributed by atoms with E-state index in [1.54, 1.807) is 0 Å². The van der Waals surface area contributed by atoms with E-state index in [1.165, 1.54) is 12.8 Å².